The van der Waals surface area contributed by atoms with Crippen LogP contribution in [0.5, 0.6) is 5.88 Å². The van der Waals surface area contributed by atoms with Gasteiger partial charge in [0, 0.05) is 10.9 Å². The van der Waals surface area contributed by atoms with Crippen LogP contribution in [-0.4, -0.2) is 32.6 Å². The molecular formula is C18H21N3O3S2. The number of benzene rings is 1. The van der Waals surface area contributed by atoms with E-state index in [-0.39, 0.29) is 29.1 Å². The summed E-state index contributed by atoms with van der Waals surface area (Å²) in [6.45, 7) is 0. The summed E-state index contributed by atoms with van der Waals surface area (Å²) < 4.78 is 1.63. The summed E-state index contributed by atoms with van der Waals surface area (Å²) in [7, 11) is 0. The highest BCUT2D eigenvalue weighted by atomic mass is 32.2. The SMILES string of the molecule is CSc1ccccc1NC(=O)CSc1nc(O)cc(=O)n1C1CCCC1. The van der Waals surface area contributed by atoms with Crippen molar-refractivity contribution in [2.75, 3.05) is 17.3 Å². The molecule has 1 aromatic heterocycles. The Morgan fingerprint density at radius 1 is 1.35 bits per heavy atom. The number of para-hydroxylation sites is 1. The molecule has 1 saturated carbocycles. The van der Waals surface area contributed by atoms with Gasteiger partial charge >= 0.3 is 0 Å². The maximum Gasteiger partial charge on any atom is 0.258 e. The summed E-state index contributed by atoms with van der Waals surface area (Å²) in [5.41, 5.74) is 0.502. The fourth-order valence-corrected chi connectivity index (χ4v) is 4.55. The van der Waals surface area contributed by atoms with E-state index < -0.39 is 0 Å². The number of hydrogen-bond acceptors (Lipinski definition) is 6. The van der Waals surface area contributed by atoms with E-state index in [1.54, 1.807) is 16.3 Å². The molecule has 0 unspecified atom stereocenters. The van der Waals surface area contributed by atoms with Gasteiger partial charge in [0.15, 0.2) is 5.16 Å². The number of thioether (sulfide) groups is 2. The predicted octanol–water partition coefficient (Wildman–Crippen LogP) is 3.52. The highest BCUT2D eigenvalue weighted by molar-refractivity contribution is 7.99. The summed E-state index contributed by atoms with van der Waals surface area (Å²) in [5, 5.41) is 13.0. The van der Waals surface area contributed by atoms with Crippen molar-refractivity contribution in [2.45, 2.75) is 41.8 Å². The van der Waals surface area contributed by atoms with Crippen molar-refractivity contribution in [1.29, 1.82) is 0 Å². The van der Waals surface area contributed by atoms with Crippen LogP contribution >= 0.6 is 23.5 Å². The molecule has 1 fully saturated rings. The molecule has 2 N–H and O–H groups in total. The van der Waals surface area contributed by atoms with Gasteiger partial charge in [-0.25, -0.2) is 0 Å². The predicted molar refractivity (Wildman–Crippen MR) is 105 cm³/mol. The Morgan fingerprint density at radius 2 is 2.08 bits per heavy atom. The molecule has 0 saturated heterocycles. The number of anilines is 1. The Morgan fingerprint density at radius 3 is 2.81 bits per heavy atom. The minimum atomic E-state index is -0.306. The number of nitrogens with zero attached hydrogens (tertiary/aromatic N) is 2. The number of carbonyl (C=O) groups excluding carboxylic acids is 1. The van der Waals surface area contributed by atoms with Gasteiger partial charge in [-0.15, -0.1) is 11.8 Å². The van der Waals surface area contributed by atoms with Gasteiger partial charge in [-0.2, -0.15) is 4.98 Å². The molecule has 1 aromatic carbocycles. The van der Waals surface area contributed by atoms with E-state index in [0.717, 1.165) is 42.3 Å². The lowest BCUT2D eigenvalue weighted by Gasteiger charge is -2.17. The molecule has 1 heterocycles. The van der Waals surface area contributed by atoms with E-state index in [1.165, 1.54) is 11.8 Å². The first kappa shape index (κ1) is 18.8. The highest BCUT2D eigenvalue weighted by Crippen LogP contribution is 2.32. The number of rotatable bonds is 6. The fraction of sp³-hybridized carbons (Fsp3) is 0.389. The molecule has 0 spiro atoms. The maximum absolute atomic E-state index is 12.3. The first-order valence-corrected chi connectivity index (χ1v) is 10.7. The molecular weight excluding hydrogens is 370 g/mol. The molecule has 1 amide bonds. The van der Waals surface area contributed by atoms with Crippen molar-refractivity contribution in [3.63, 3.8) is 0 Å². The van der Waals surface area contributed by atoms with Crippen LogP contribution in [-0.2, 0) is 4.79 Å². The topological polar surface area (TPSA) is 84.2 Å². The number of nitrogens with one attached hydrogen (secondary N) is 1. The lowest BCUT2D eigenvalue weighted by Crippen LogP contribution is -2.26. The van der Waals surface area contributed by atoms with E-state index in [2.05, 4.69) is 10.3 Å². The van der Waals surface area contributed by atoms with Crippen molar-refractivity contribution in [3.05, 3.63) is 40.7 Å². The Hall–Kier alpha value is -1.93. The molecule has 138 valence electrons. The summed E-state index contributed by atoms with van der Waals surface area (Å²) in [4.78, 5) is 29.7. The van der Waals surface area contributed by atoms with Gasteiger partial charge in [0.1, 0.15) is 0 Å². The third-order valence-corrected chi connectivity index (χ3v) is 6.06. The lowest BCUT2D eigenvalue weighted by atomic mass is 10.2. The zero-order valence-electron chi connectivity index (χ0n) is 14.5. The van der Waals surface area contributed by atoms with E-state index in [4.69, 9.17) is 0 Å². The van der Waals surface area contributed by atoms with Gasteiger partial charge in [-0.05, 0) is 31.2 Å². The number of carbonyl (C=O) groups is 1. The Kier molecular flexibility index (Phi) is 6.26. The summed E-state index contributed by atoms with van der Waals surface area (Å²) in [6.07, 6.45) is 5.96. The highest BCUT2D eigenvalue weighted by Gasteiger charge is 2.22. The molecule has 2 aromatic rings. The Bertz CT molecular complexity index is 848. The van der Waals surface area contributed by atoms with Crippen LogP contribution in [0.15, 0.2) is 45.2 Å². The van der Waals surface area contributed by atoms with Crippen molar-refractivity contribution in [2.24, 2.45) is 0 Å². The zero-order valence-corrected chi connectivity index (χ0v) is 16.1. The normalized spacial score (nSPS) is 14.5. The molecule has 0 radical (unpaired) electrons. The first-order valence-electron chi connectivity index (χ1n) is 8.46. The largest absolute Gasteiger partial charge is 0.493 e. The second kappa shape index (κ2) is 8.64. The van der Waals surface area contributed by atoms with E-state index in [0.29, 0.717) is 5.16 Å². The fourth-order valence-electron chi connectivity index (χ4n) is 3.12. The van der Waals surface area contributed by atoms with Gasteiger partial charge in [-0.1, -0.05) is 36.7 Å². The van der Waals surface area contributed by atoms with Crippen LogP contribution in [0.4, 0.5) is 5.69 Å². The summed E-state index contributed by atoms with van der Waals surface area (Å²) in [6, 6.07) is 8.83. The van der Waals surface area contributed by atoms with Crippen LogP contribution < -0.4 is 10.9 Å². The molecule has 1 aliphatic carbocycles. The van der Waals surface area contributed by atoms with Crippen LogP contribution in [0.3, 0.4) is 0 Å². The molecule has 0 bridgehead atoms. The quantitative estimate of drug-likeness (QED) is 0.579. The van der Waals surface area contributed by atoms with E-state index in [9.17, 15) is 14.7 Å². The Labute approximate surface area is 160 Å². The minimum absolute atomic E-state index is 0.0957. The molecule has 8 heteroatoms. The smallest absolute Gasteiger partial charge is 0.258 e. The second-order valence-electron chi connectivity index (χ2n) is 6.08. The van der Waals surface area contributed by atoms with Gasteiger partial charge in [-0.3, -0.25) is 14.2 Å². The van der Waals surface area contributed by atoms with Gasteiger partial charge in [0.05, 0.1) is 17.5 Å². The molecule has 26 heavy (non-hydrogen) atoms. The number of aromatic hydroxyl groups is 1. The van der Waals surface area contributed by atoms with Crippen LogP contribution in [0.2, 0.25) is 0 Å². The van der Waals surface area contributed by atoms with Gasteiger partial charge in [0.25, 0.3) is 5.56 Å². The third kappa shape index (κ3) is 4.42. The van der Waals surface area contributed by atoms with Crippen LogP contribution in [0.25, 0.3) is 0 Å². The van der Waals surface area contributed by atoms with Crippen molar-refractivity contribution in [1.82, 2.24) is 9.55 Å². The monoisotopic (exact) mass is 391 g/mol. The molecule has 3 rings (SSSR count). The van der Waals surface area contributed by atoms with Gasteiger partial charge < -0.3 is 10.4 Å². The average Bonchev–Trinajstić information content (AvgIpc) is 3.14. The third-order valence-electron chi connectivity index (χ3n) is 4.31. The second-order valence-corrected chi connectivity index (χ2v) is 7.87. The van der Waals surface area contributed by atoms with Gasteiger partial charge in [0.2, 0.25) is 11.8 Å². The Balaban J connectivity index is 1.73. The zero-order chi connectivity index (χ0) is 18.5. The number of amides is 1. The molecule has 0 atom stereocenters. The number of hydrogen-bond donors (Lipinski definition) is 2. The van der Waals surface area contributed by atoms with Crippen molar-refractivity contribution < 1.29 is 9.90 Å². The van der Waals surface area contributed by atoms with Crippen LogP contribution in [0, 0.1) is 0 Å². The first-order chi connectivity index (χ1) is 12.6. The van der Waals surface area contributed by atoms with Crippen molar-refractivity contribution in [3.8, 4) is 5.88 Å². The molecule has 6 nitrogen and oxygen atoms in total. The van der Waals surface area contributed by atoms with Crippen LogP contribution in [0.1, 0.15) is 31.7 Å². The minimum Gasteiger partial charge on any atom is -0.493 e. The standard InChI is InChI=1S/C18H21N3O3S2/c1-25-14-9-5-4-8-13(14)19-16(23)11-26-18-20-15(22)10-17(24)21(18)12-6-2-3-7-12/h4-5,8-10,12,22H,2-3,6-7,11H2,1H3,(H,19,23). The average molecular weight is 392 g/mol. The van der Waals surface area contributed by atoms with E-state index in [1.807, 2.05) is 30.5 Å². The maximum atomic E-state index is 12.3. The molecule has 1 aliphatic rings. The van der Waals surface area contributed by atoms with E-state index >= 15 is 0 Å². The number of aromatic nitrogens is 2. The summed E-state index contributed by atoms with van der Waals surface area (Å²) in [5.74, 6) is -0.363. The van der Waals surface area contributed by atoms with Crippen molar-refractivity contribution >= 4 is 35.1 Å². The molecule has 0 aliphatic heterocycles. The summed E-state index contributed by atoms with van der Waals surface area (Å²) >= 11 is 2.74. The lowest BCUT2D eigenvalue weighted by molar-refractivity contribution is -0.113.